The molecule has 0 aromatic heterocycles. The Morgan fingerprint density at radius 2 is 1.93 bits per heavy atom. The third-order valence-electron chi connectivity index (χ3n) is 3.04. The van der Waals surface area contributed by atoms with Crippen LogP contribution in [0.5, 0.6) is 0 Å². The van der Waals surface area contributed by atoms with Crippen molar-refractivity contribution in [2.24, 2.45) is 0 Å². The predicted molar refractivity (Wildman–Crippen MR) is 62.0 cm³/mol. The second-order valence-electron chi connectivity index (χ2n) is 4.65. The zero-order valence-corrected chi connectivity index (χ0v) is 9.84. The van der Waals surface area contributed by atoms with Crippen LogP contribution >= 0.6 is 0 Å². The molecule has 0 amide bonds. The summed E-state index contributed by atoms with van der Waals surface area (Å²) in [5.41, 5.74) is 4.78. The molecule has 1 aliphatic rings. The summed E-state index contributed by atoms with van der Waals surface area (Å²) in [6, 6.07) is 1.37. The SMILES string of the molecule is C=C(C)CCNN1C(C)CCCC1C. The Hall–Kier alpha value is -0.340. The molecule has 0 aliphatic carbocycles. The third kappa shape index (κ3) is 3.43. The summed E-state index contributed by atoms with van der Waals surface area (Å²) < 4.78 is 0. The Morgan fingerprint density at radius 1 is 1.36 bits per heavy atom. The summed E-state index contributed by atoms with van der Waals surface area (Å²) in [6.45, 7) is 11.7. The van der Waals surface area contributed by atoms with Gasteiger partial charge in [0.15, 0.2) is 0 Å². The van der Waals surface area contributed by atoms with Crippen LogP contribution in [0.1, 0.15) is 46.5 Å². The first-order valence-electron chi connectivity index (χ1n) is 5.77. The summed E-state index contributed by atoms with van der Waals surface area (Å²) in [5, 5.41) is 2.42. The van der Waals surface area contributed by atoms with E-state index >= 15 is 0 Å². The lowest BCUT2D eigenvalue weighted by Gasteiger charge is -2.39. The van der Waals surface area contributed by atoms with Gasteiger partial charge < -0.3 is 0 Å². The number of rotatable bonds is 4. The summed E-state index contributed by atoms with van der Waals surface area (Å²) in [5.74, 6) is 0. The quantitative estimate of drug-likeness (QED) is 0.695. The molecule has 1 heterocycles. The molecule has 0 saturated carbocycles. The van der Waals surface area contributed by atoms with Gasteiger partial charge in [-0.15, -0.1) is 6.58 Å². The summed E-state index contributed by atoms with van der Waals surface area (Å²) >= 11 is 0. The van der Waals surface area contributed by atoms with E-state index in [2.05, 4.69) is 37.8 Å². The summed E-state index contributed by atoms with van der Waals surface area (Å²) in [4.78, 5) is 0. The van der Waals surface area contributed by atoms with Gasteiger partial charge in [-0.3, -0.25) is 5.43 Å². The van der Waals surface area contributed by atoms with Crippen LogP contribution < -0.4 is 5.43 Å². The minimum absolute atomic E-state index is 0.684. The maximum absolute atomic E-state index is 3.92. The fourth-order valence-corrected chi connectivity index (χ4v) is 2.13. The van der Waals surface area contributed by atoms with E-state index in [4.69, 9.17) is 0 Å². The van der Waals surface area contributed by atoms with Crippen molar-refractivity contribution < 1.29 is 0 Å². The lowest BCUT2D eigenvalue weighted by atomic mass is 10.00. The number of nitrogens with one attached hydrogen (secondary N) is 1. The first-order chi connectivity index (χ1) is 6.61. The van der Waals surface area contributed by atoms with Crippen LogP contribution in [0.15, 0.2) is 12.2 Å². The molecule has 2 nitrogen and oxygen atoms in total. The molecule has 14 heavy (non-hydrogen) atoms. The largest absolute Gasteiger partial charge is 0.254 e. The molecule has 0 spiro atoms. The topological polar surface area (TPSA) is 15.3 Å². The van der Waals surface area contributed by atoms with Crippen molar-refractivity contribution in [1.82, 2.24) is 10.4 Å². The molecule has 0 bridgehead atoms. The molecule has 2 heteroatoms. The van der Waals surface area contributed by atoms with Gasteiger partial charge in [0.2, 0.25) is 0 Å². The molecule has 0 aromatic rings. The normalized spacial score (nSPS) is 29.1. The van der Waals surface area contributed by atoms with Gasteiger partial charge in [-0.2, -0.15) is 0 Å². The van der Waals surface area contributed by atoms with Crippen LogP contribution in [0.3, 0.4) is 0 Å². The minimum Gasteiger partial charge on any atom is -0.254 e. The van der Waals surface area contributed by atoms with Gasteiger partial charge in [0, 0.05) is 18.6 Å². The molecule has 1 saturated heterocycles. The molecule has 2 atom stereocenters. The molecular weight excluding hydrogens is 172 g/mol. The Bertz CT molecular complexity index is 179. The number of hydrazine groups is 1. The van der Waals surface area contributed by atoms with Gasteiger partial charge in [0.05, 0.1) is 0 Å². The lowest BCUT2D eigenvalue weighted by Crippen LogP contribution is -2.52. The zero-order valence-electron chi connectivity index (χ0n) is 9.84. The zero-order chi connectivity index (χ0) is 10.6. The van der Waals surface area contributed by atoms with Crippen molar-refractivity contribution in [3.63, 3.8) is 0 Å². The van der Waals surface area contributed by atoms with Crippen LogP contribution in [-0.4, -0.2) is 23.6 Å². The van der Waals surface area contributed by atoms with Gasteiger partial charge in [0.25, 0.3) is 0 Å². The molecule has 1 fully saturated rings. The van der Waals surface area contributed by atoms with Gasteiger partial charge >= 0.3 is 0 Å². The monoisotopic (exact) mass is 196 g/mol. The summed E-state index contributed by atoms with van der Waals surface area (Å²) in [7, 11) is 0. The Balaban J connectivity index is 2.29. The predicted octanol–water partition coefficient (Wildman–Crippen LogP) is 2.72. The number of hydrogen-bond acceptors (Lipinski definition) is 2. The number of piperidine rings is 1. The van der Waals surface area contributed by atoms with E-state index in [9.17, 15) is 0 Å². The van der Waals surface area contributed by atoms with Crippen LogP contribution in [0.2, 0.25) is 0 Å². The highest BCUT2D eigenvalue weighted by Crippen LogP contribution is 2.20. The van der Waals surface area contributed by atoms with Crippen molar-refractivity contribution in [2.45, 2.75) is 58.5 Å². The Kier molecular flexibility index (Phi) is 4.63. The average molecular weight is 196 g/mol. The van der Waals surface area contributed by atoms with Gasteiger partial charge in [-0.1, -0.05) is 12.0 Å². The van der Waals surface area contributed by atoms with Gasteiger partial charge in [-0.25, -0.2) is 5.01 Å². The van der Waals surface area contributed by atoms with Crippen molar-refractivity contribution in [3.05, 3.63) is 12.2 Å². The van der Waals surface area contributed by atoms with Crippen LogP contribution in [0, 0.1) is 0 Å². The summed E-state index contributed by atoms with van der Waals surface area (Å²) in [6.07, 6.45) is 5.10. The molecule has 0 aromatic carbocycles. The highest BCUT2D eigenvalue weighted by Gasteiger charge is 2.23. The van der Waals surface area contributed by atoms with Gasteiger partial charge in [0.1, 0.15) is 0 Å². The van der Waals surface area contributed by atoms with E-state index in [1.165, 1.54) is 24.8 Å². The second kappa shape index (κ2) is 5.52. The van der Waals surface area contributed by atoms with Gasteiger partial charge in [-0.05, 0) is 40.0 Å². The third-order valence-corrected chi connectivity index (χ3v) is 3.04. The van der Waals surface area contributed by atoms with Crippen molar-refractivity contribution in [2.75, 3.05) is 6.54 Å². The van der Waals surface area contributed by atoms with Crippen LogP contribution in [0.4, 0.5) is 0 Å². The van der Waals surface area contributed by atoms with Crippen molar-refractivity contribution in [1.29, 1.82) is 0 Å². The average Bonchev–Trinajstić information content (AvgIpc) is 2.09. The first kappa shape index (κ1) is 11.7. The Morgan fingerprint density at radius 3 is 2.43 bits per heavy atom. The van der Waals surface area contributed by atoms with E-state index < -0.39 is 0 Å². The Labute approximate surface area is 88.3 Å². The van der Waals surface area contributed by atoms with E-state index in [0.29, 0.717) is 12.1 Å². The maximum Gasteiger partial charge on any atom is 0.0218 e. The molecule has 1 N–H and O–H groups in total. The van der Waals surface area contributed by atoms with E-state index in [0.717, 1.165) is 13.0 Å². The molecule has 1 aliphatic heterocycles. The standard InChI is InChI=1S/C12H24N2/c1-10(2)8-9-13-14-11(3)6-5-7-12(14)4/h11-13H,1,5-9H2,2-4H3. The highest BCUT2D eigenvalue weighted by molar-refractivity contribution is 4.88. The fraction of sp³-hybridized carbons (Fsp3) is 0.833. The first-order valence-corrected chi connectivity index (χ1v) is 5.77. The van der Waals surface area contributed by atoms with E-state index in [-0.39, 0.29) is 0 Å². The molecule has 2 unspecified atom stereocenters. The minimum atomic E-state index is 0.684. The maximum atomic E-state index is 3.92. The molecular formula is C12H24N2. The van der Waals surface area contributed by atoms with Crippen molar-refractivity contribution in [3.8, 4) is 0 Å². The molecule has 82 valence electrons. The number of nitrogens with zero attached hydrogens (tertiary/aromatic N) is 1. The highest BCUT2D eigenvalue weighted by atomic mass is 15.5. The second-order valence-corrected chi connectivity index (χ2v) is 4.65. The van der Waals surface area contributed by atoms with Crippen LogP contribution in [0.25, 0.3) is 0 Å². The van der Waals surface area contributed by atoms with Crippen LogP contribution in [-0.2, 0) is 0 Å². The molecule has 0 radical (unpaired) electrons. The lowest BCUT2D eigenvalue weighted by molar-refractivity contribution is 0.0471. The number of hydrogen-bond donors (Lipinski definition) is 1. The van der Waals surface area contributed by atoms with E-state index in [1.54, 1.807) is 0 Å². The fourth-order valence-electron chi connectivity index (χ4n) is 2.13. The smallest absolute Gasteiger partial charge is 0.0218 e. The molecule has 1 rings (SSSR count). The van der Waals surface area contributed by atoms with Crippen molar-refractivity contribution >= 4 is 0 Å². The van der Waals surface area contributed by atoms with E-state index in [1.807, 2.05) is 0 Å².